The molecule has 2 aromatic heterocycles. The third-order valence-corrected chi connectivity index (χ3v) is 4.13. The van der Waals surface area contributed by atoms with E-state index in [1.165, 1.54) is 5.56 Å². The van der Waals surface area contributed by atoms with Crippen molar-refractivity contribution in [3.63, 3.8) is 0 Å². The van der Waals surface area contributed by atoms with Crippen molar-refractivity contribution in [3.05, 3.63) is 41.6 Å². The summed E-state index contributed by atoms with van der Waals surface area (Å²) in [5, 5.41) is 4.66. The normalized spacial score (nSPS) is 13.4. The van der Waals surface area contributed by atoms with Crippen molar-refractivity contribution >= 4 is 11.5 Å². The monoisotopic (exact) mass is 295 g/mol. The molecule has 0 saturated carbocycles. The molecule has 6 heteroatoms. The largest absolute Gasteiger partial charge is 0.497 e. The molecule has 22 heavy (non-hydrogen) atoms. The van der Waals surface area contributed by atoms with Crippen LogP contribution in [-0.2, 0) is 12.8 Å². The molecule has 3 aromatic rings. The topological polar surface area (TPSA) is 77.5 Å². The molecule has 4 rings (SSSR count). The second kappa shape index (κ2) is 4.99. The molecule has 0 atom stereocenters. The Morgan fingerprint density at radius 1 is 1.27 bits per heavy atom. The van der Waals surface area contributed by atoms with Crippen molar-refractivity contribution in [2.45, 2.75) is 19.3 Å². The number of nitrogen functional groups attached to an aromatic ring is 1. The molecule has 0 spiro atoms. The molecule has 0 unspecified atom stereocenters. The van der Waals surface area contributed by atoms with Gasteiger partial charge < -0.3 is 10.2 Å². The number of rotatable bonds is 3. The average molecular weight is 295 g/mol. The van der Waals surface area contributed by atoms with Crippen LogP contribution < -0.4 is 16.0 Å². The van der Waals surface area contributed by atoms with E-state index in [4.69, 9.17) is 15.6 Å². The summed E-state index contributed by atoms with van der Waals surface area (Å²) >= 11 is 0. The van der Waals surface area contributed by atoms with E-state index in [1.807, 2.05) is 30.3 Å². The lowest BCUT2D eigenvalue weighted by Gasteiger charge is -2.09. The Morgan fingerprint density at radius 3 is 3.00 bits per heavy atom. The van der Waals surface area contributed by atoms with E-state index in [0.29, 0.717) is 0 Å². The van der Waals surface area contributed by atoms with Crippen molar-refractivity contribution in [2.24, 2.45) is 5.84 Å². The van der Waals surface area contributed by atoms with Crippen molar-refractivity contribution in [3.8, 4) is 17.0 Å². The molecule has 6 nitrogen and oxygen atoms in total. The highest BCUT2D eigenvalue weighted by molar-refractivity contribution is 5.68. The van der Waals surface area contributed by atoms with E-state index in [9.17, 15) is 0 Å². The van der Waals surface area contributed by atoms with Crippen molar-refractivity contribution in [2.75, 3.05) is 12.5 Å². The number of anilines is 1. The lowest BCUT2D eigenvalue weighted by atomic mass is 10.1. The van der Waals surface area contributed by atoms with Crippen LogP contribution in [-0.4, -0.2) is 21.7 Å². The van der Waals surface area contributed by atoms with Crippen LogP contribution in [0.5, 0.6) is 5.75 Å². The van der Waals surface area contributed by atoms with Crippen molar-refractivity contribution in [1.82, 2.24) is 14.6 Å². The smallest absolute Gasteiger partial charge is 0.158 e. The van der Waals surface area contributed by atoms with Gasteiger partial charge >= 0.3 is 0 Å². The van der Waals surface area contributed by atoms with Gasteiger partial charge in [0.25, 0.3) is 0 Å². The van der Waals surface area contributed by atoms with Crippen molar-refractivity contribution < 1.29 is 4.74 Å². The highest BCUT2D eigenvalue weighted by Crippen LogP contribution is 2.30. The maximum Gasteiger partial charge on any atom is 0.158 e. The number of aryl methyl sites for hydroxylation is 1. The second-order valence-corrected chi connectivity index (χ2v) is 5.42. The first kappa shape index (κ1) is 13.1. The molecule has 3 N–H and O–H groups in total. The Kier molecular flexibility index (Phi) is 2.97. The Balaban J connectivity index is 1.90. The Bertz CT molecular complexity index is 855. The molecule has 112 valence electrons. The number of nitrogens with one attached hydrogen (secondary N) is 1. The molecule has 0 saturated heterocycles. The molecule has 1 aromatic carbocycles. The first-order valence-electron chi connectivity index (χ1n) is 7.32. The van der Waals surface area contributed by atoms with Gasteiger partial charge in [0, 0.05) is 22.9 Å². The lowest BCUT2D eigenvalue weighted by molar-refractivity contribution is 0.415. The number of methoxy groups -OCH3 is 1. The minimum absolute atomic E-state index is 0.808. The van der Waals surface area contributed by atoms with Crippen LogP contribution in [0.25, 0.3) is 16.9 Å². The van der Waals surface area contributed by atoms with Gasteiger partial charge in [0.1, 0.15) is 11.6 Å². The van der Waals surface area contributed by atoms with Gasteiger partial charge in [0.05, 0.1) is 12.8 Å². The third-order valence-electron chi connectivity index (χ3n) is 4.13. The van der Waals surface area contributed by atoms with Crippen LogP contribution in [0.3, 0.4) is 0 Å². The summed E-state index contributed by atoms with van der Waals surface area (Å²) in [5.41, 5.74) is 7.75. The first-order valence-corrected chi connectivity index (χ1v) is 7.32. The van der Waals surface area contributed by atoms with Gasteiger partial charge in [-0.15, -0.1) is 0 Å². The third kappa shape index (κ3) is 1.92. The van der Waals surface area contributed by atoms with Crippen LogP contribution in [0.15, 0.2) is 30.3 Å². The molecule has 0 radical (unpaired) electrons. The zero-order valence-electron chi connectivity index (χ0n) is 12.3. The first-order chi connectivity index (χ1) is 10.8. The number of hydrogen-bond donors (Lipinski definition) is 2. The van der Waals surface area contributed by atoms with Crippen LogP contribution in [0, 0.1) is 0 Å². The molecular formula is C16H17N5O. The SMILES string of the molecule is COc1cccc(-c2cc3nc4c(c(NN)n3n2)CCC4)c1. The summed E-state index contributed by atoms with van der Waals surface area (Å²) in [4.78, 5) is 4.73. The summed E-state index contributed by atoms with van der Waals surface area (Å²) in [6.07, 6.45) is 3.11. The van der Waals surface area contributed by atoms with Crippen LogP contribution >= 0.6 is 0 Å². The van der Waals surface area contributed by atoms with Crippen LogP contribution in [0.4, 0.5) is 5.82 Å². The van der Waals surface area contributed by atoms with Crippen LogP contribution in [0.1, 0.15) is 17.7 Å². The number of nitrogens with two attached hydrogens (primary N) is 1. The minimum Gasteiger partial charge on any atom is -0.497 e. The fourth-order valence-electron chi connectivity index (χ4n) is 3.06. The fraction of sp³-hybridized carbons (Fsp3) is 0.250. The fourth-order valence-corrected chi connectivity index (χ4v) is 3.06. The number of hydrazine groups is 1. The highest BCUT2D eigenvalue weighted by Gasteiger charge is 2.21. The van der Waals surface area contributed by atoms with E-state index >= 15 is 0 Å². The lowest BCUT2D eigenvalue weighted by Crippen LogP contribution is -2.15. The van der Waals surface area contributed by atoms with Gasteiger partial charge in [-0.2, -0.15) is 9.61 Å². The summed E-state index contributed by atoms with van der Waals surface area (Å²) < 4.78 is 7.07. The zero-order chi connectivity index (χ0) is 15.1. The van der Waals surface area contributed by atoms with E-state index in [1.54, 1.807) is 11.6 Å². The summed E-state index contributed by atoms with van der Waals surface area (Å²) in [5.74, 6) is 7.37. The van der Waals surface area contributed by atoms with Gasteiger partial charge in [-0.1, -0.05) is 12.1 Å². The van der Waals surface area contributed by atoms with Gasteiger partial charge in [-0.25, -0.2) is 10.8 Å². The Hall–Kier alpha value is -2.60. The standard InChI is InChI=1S/C16H17N5O/c1-22-11-5-2-4-10(8-11)14-9-15-18-13-7-3-6-12(13)16(19-17)21(15)20-14/h2,4-5,8-9,19H,3,6-7,17H2,1H3. The molecule has 2 heterocycles. The van der Waals surface area contributed by atoms with E-state index in [0.717, 1.165) is 53.4 Å². The van der Waals surface area contributed by atoms with Gasteiger partial charge in [0.15, 0.2) is 5.65 Å². The number of nitrogens with zero attached hydrogens (tertiary/aromatic N) is 3. The predicted octanol–water partition coefficient (Wildman–Crippen LogP) is 2.18. The molecule has 0 aliphatic heterocycles. The Morgan fingerprint density at radius 2 is 2.18 bits per heavy atom. The molecule has 0 fully saturated rings. The summed E-state index contributed by atoms with van der Waals surface area (Å²) in [6.45, 7) is 0. The maximum absolute atomic E-state index is 5.72. The van der Waals surface area contributed by atoms with E-state index in [2.05, 4.69) is 10.5 Å². The van der Waals surface area contributed by atoms with Crippen LogP contribution in [0.2, 0.25) is 0 Å². The van der Waals surface area contributed by atoms with Gasteiger partial charge in [-0.3, -0.25) is 0 Å². The summed E-state index contributed by atoms with van der Waals surface area (Å²) in [7, 11) is 1.66. The second-order valence-electron chi connectivity index (χ2n) is 5.42. The molecule has 1 aliphatic carbocycles. The quantitative estimate of drug-likeness (QED) is 0.572. The van der Waals surface area contributed by atoms with E-state index < -0.39 is 0 Å². The molecule has 1 aliphatic rings. The summed E-state index contributed by atoms with van der Waals surface area (Å²) in [6, 6.07) is 9.82. The number of fused-ring (bicyclic) bond motifs is 2. The number of ether oxygens (including phenoxy) is 1. The molecule has 0 bridgehead atoms. The predicted molar refractivity (Wildman–Crippen MR) is 84.8 cm³/mol. The number of benzene rings is 1. The number of hydrogen-bond acceptors (Lipinski definition) is 5. The maximum atomic E-state index is 5.72. The number of aromatic nitrogens is 3. The zero-order valence-corrected chi connectivity index (χ0v) is 12.3. The minimum atomic E-state index is 0.808. The van der Waals surface area contributed by atoms with Crippen molar-refractivity contribution in [1.29, 1.82) is 0 Å². The van der Waals surface area contributed by atoms with E-state index in [-0.39, 0.29) is 0 Å². The van der Waals surface area contributed by atoms with Gasteiger partial charge in [-0.05, 0) is 31.4 Å². The highest BCUT2D eigenvalue weighted by atomic mass is 16.5. The molecular weight excluding hydrogens is 278 g/mol. The Labute approximate surface area is 127 Å². The van der Waals surface area contributed by atoms with Gasteiger partial charge in [0.2, 0.25) is 0 Å². The molecule has 0 amide bonds. The average Bonchev–Trinajstić information content (AvgIpc) is 3.18.